The van der Waals surface area contributed by atoms with Crippen molar-refractivity contribution >= 4 is 17.5 Å². The third-order valence-corrected chi connectivity index (χ3v) is 5.50. The summed E-state index contributed by atoms with van der Waals surface area (Å²) >= 11 is 5.73. The van der Waals surface area contributed by atoms with E-state index in [1.807, 2.05) is 30.3 Å². The van der Waals surface area contributed by atoms with Gasteiger partial charge in [0.25, 0.3) is 0 Å². The third-order valence-electron chi connectivity index (χ3n) is 5.04. The van der Waals surface area contributed by atoms with Crippen LogP contribution in [-0.2, 0) is 23.1 Å². The highest BCUT2D eigenvalue weighted by atomic mass is 35.5. The highest BCUT2D eigenvalue weighted by molar-refractivity contribution is 6.32. The number of amides is 1. The molecule has 1 amide bonds. The van der Waals surface area contributed by atoms with Crippen LogP contribution in [0.25, 0.3) is 0 Å². The number of hydrogen-bond donors (Lipinski definition) is 1. The van der Waals surface area contributed by atoms with Gasteiger partial charge in [-0.2, -0.15) is 18.3 Å². The van der Waals surface area contributed by atoms with Crippen LogP contribution in [0.4, 0.5) is 13.2 Å². The van der Waals surface area contributed by atoms with E-state index in [1.54, 1.807) is 4.90 Å². The number of halogens is 4. The van der Waals surface area contributed by atoms with Crippen LogP contribution in [0, 0.1) is 6.92 Å². The zero-order chi connectivity index (χ0) is 19.8. The van der Waals surface area contributed by atoms with Crippen LogP contribution in [0.5, 0.6) is 0 Å². The molecule has 2 heterocycles. The van der Waals surface area contributed by atoms with Crippen molar-refractivity contribution in [1.82, 2.24) is 14.7 Å². The molecule has 0 aliphatic carbocycles. The van der Waals surface area contributed by atoms with Crippen molar-refractivity contribution in [2.24, 2.45) is 5.73 Å². The number of nitrogens with zero attached hydrogens (tertiary/aromatic N) is 3. The summed E-state index contributed by atoms with van der Waals surface area (Å²) in [5.74, 6) is -0.305. The van der Waals surface area contributed by atoms with Crippen molar-refractivity contribution in [2.75, 3.05) is 13.1 Å². The standard InChI is InChI=1S/C18H20ClF3N4O/c1-12-15(19)16(18(20,21)22)24-26(12)11-14(27)25-9-7-17(23,8-10-25)13-5-3-2-4-6-13/h2-6H,7-11,23H2,1H3. The highest BCUT2D eigenvalue weighted by Gasteiger charge is 2.39. The maximum Gasteiger partial charge on any atom is 0.436 e. The zero-order valence-corrected chi connectivity index (χ0v) is 15.5. The zero-order valence-electron chi connectivity index (χ0n) is 14.8. The van der Waals surface area contributed by atoms with E-state index in [-0.39, 0.29) is 18.1 Å². The average molecular weight is 401 g/mol. The van der Waals surface area contributed by atoms with E-state index in [2.05, 4.69) is 5.10 Å². The van der Waals surface area contributed by atoms with Gasteiger partial charge >= 0.3 is 6.18 Å². The molecule has 1 aliphatic rings. The van der Waals surface area contributed by atoms with Crippen LogP contribution in [0.3, 0.4) is 0 Å². The van der Waals surface area contributed by atoms with Gasteiger partial charge in [0.1, 0.15) is 6.54 Å². The molecule has 0 bridgehead atoms. The molecule has 2 aromatic rings. The second-order valence-corrected chi connectivity index (χ2v) is 7.18. The summed E-state index contributed by atoms with van der Waals surface area (Å²) < 4.78 is 39.7. The van der Waals surface area contributed by atoms with Crippen LogP contribution in [-0.4, -0.2) is 33.7 Å². The fourth-order valence-electron chi connectivity index (χ4n) is 3.30. The molecule has 0 atom stereocenters. The Hall–Kier alpha value is -2.06. The molecule has 2 N–H and O–H groups in total. The Morgan fingerprint density at radius 1 is 1.26 bits per heavy atom. The second-order valence-electron chi connectivity index (χ2n) is 6.81. The number of carbonyl (C=O) groups is 1. The molecular weight excluding hydrogens is 381 g/mol. The van der Waals surface area contributed by atoms with Gasteiger partial charge in [-0.3, -0.25) is 9.48 Å². The monoisotopic (exact) mass is 400 g/mol. The summed E-state index contributed by atoms with van der Waals surface area (Å²) in [7, 11) is 0. The molecule has 0 saturated carbocycles. The molecule has 3 rings (SSSR count). The van der Waals surface area contributed by atoms with E-state index < -0.39 is 22.4 Å². The minimum atomic E-state index is -4.66. The summed E-state index contributed by atoms with van der Waals surface area (Å²) in [6.07, 6.45) is -3.50. The highest BCUT2D eigenvalue weighted by Crippen LogP contribution is 2.35. The van der Waals surface area contributed by atoms with Crippen LogP contribution >= 0.6 is 11.6 Å². The smallest absolute Gasteiger partial charge is 0.341 e. The number of hydrogen-bond acceptors (Lipinski definition) is 3. The van der Waals surface area contributed by atoms with Gasteiger partial charge in [-0.25, -0.2) is 0 Å². The minimum Gasteiger partial charge on any atom is -0.341 e. The van der Waals surface area contributed by atoms with Crippen LogP contribution in [0.15, 0.2) is 30.3 Å². The van der Waals surface area contributed by atoms with E-state index in [9.17, 15) is 18.0 Å². The quantitative estimate of drug-likeness (QED) is 0.859. The van der Waals surface area contributed by atoms with Gasteiger partial charge in [0.2, 0.25) is 5.91 Å². The van der Waals surface area contributed by atoms with Crippen LogP contribution < -0.4 is 5.73 Å². The maximum absolute atomic E-state index is 12.9. The molecule has 1 aromatic heterocycles. The van der Waals surface area contributed by atoms with Crippen molar-refractivity contribution < 1.29 is 18.0 Å². The first kappa shape index (κ1) is 19.7. The summed E-state index contributed by atoms with van der Waals surface area (Å²) in [6.45, 7) is 1.99. The SMILES string of the molecule is Cc1c(Cl)c(C(F)(F)F)nn1CC(=O)N1CCC(N)(c2ccccc2)CC1. The Kier molecular flexibility index (Phi) is 5.22. The molecule has 0 unspecified atom stereocenters. The molecule has 27 heavy (non-hydrogen) atoms. The predicted molar refractivity (Wildman–Crippen MR) is 95.1 cm³/mol. The number of aromatic nitrogens is 2. The van der Waals surface area contributed by atoms with Gasteiger partial charge in [-0.1, -0.05) is 41.9 Å². The topological polar surface area (TPSA) is 64.2 Å². The molecular formula is C18H20ClF3N4O. The summed E-state index contributed by atoms with van der Waals surface area (Å²) in [4.78, 5) is 14.1. The van der Waals surface area contributed by atoms with Crippen molar-refractivity contribution in [1.29, 1.82) is 0 Å². The number of piperidine rings is 1. The number of nitrogens with two attached hydrogens (primary N) is 1. The van der Waals surface area contributed by atoms with Gasteiger partial charge < -0.3 is 10.6 Å². The molecule has 146 valence electrons. The molecule has 0 radical (unpaired) electrons. The van der Waals surface area contributed by atoms with Gasteiger partial charge in [0, 0.05) is 18.6 Å². The largest absolute Gasteiger partial charge is 0.436 e. The Morgan fingerprint density at radius 2 is 1.85 bits per heavy atom. The van der Waals surface area contributed by atoms with E-state index >= 15 is 0 Å². The molecule has 1 aliphatic heterocycles. The lowest BCUT2D eigenvalue weighted by Crippen LogP contribution is -2.50. The lowest BCUT2D eigenvalue weighted by molar-refractivity contribution is -0.142. The Balaban J connectivity index is 1.67. The van der Waals surface area contributed by atoms with Gasteiger partial charge in [-0.15, -0.1) is 0 Å². The number of benzene rings is 1. The first-order valence-electron chi connectivity index (χ1n) is 8.54. The first-order valence-corrected chi connectivity index (χ1v) is 8.92. The Morgan fingerprint density at radius 3 is 2.37 bits per heavy atom. The number of likely N-dealkylation sites (tertiary alicyclic amines) is 1. The third kappa shape index (κ3) is 3.96. The summed E-state index contributed by atoms with van der Waals surface area (Å²) in [5.41, 5.74) is 5.95. The van der Waals surface area contributed by atoms with E-state index in [0.717, 1.165) is 10.2 Å². The molecule has 5 nitrogen and oxygen atoms in total. The fourth-order valence-corrected chi connectivity index (χ4v) is 3.54. The molecule has 0 spiro atoms. The van der Waals surface area contributed by atoms with E-state index in [4.69, 9.17) is 17.3 Å². The molecule has 9 heteroatoms. The summed E-state index contributed by atoms with van der Waals surface area (Å²) in [6, 6.07) is 9.68. The number of alkyl halides is 3. The van der Waals surface area contributed by atoms with Crippen LogP contribution in [0.2, 0.25) is 5.02 Å². The molecule has 1 saturated heterocycles. The average Bonchev–Trinajstić information content (AvgIpc) is 2.91. The summed E-state index contributed by atoms with van der Waals surface area (Å²) in [5, 5.41) is 3.01. The number of rotatable bonds is 3. The lowest BCUT2D eigenvalue weighted by Gasteiger charge is -2.39. The molecule has 1 aromatic carbocycles. The Bertz CT molecular complexity index is 827. The van der Waals surface area contributed by atoms with E-state index in [0.29, 0.717) is 25.9 Å². The lowest BCUT2D eigenvalue weighted by atomic mass is 9.82. The van der Waals surface area contributed by atoms with Gasteiger partial charge in [-0.05, 0) is 25.3 Å². The van der Waals surface area contributed by atoms with E-state index in [1.165, 1.54) is 6.92 Å². The second kappa shape index (κ2) is 7.16. The van der Waals surface area contributed by atoms with Gasteiger partial charge in [0.05, 0.1) is 10.7 Å². The molecule has 1 fully saturated rings. The van der Waals surface area contributed by atoms with Crippen LogP contribution in [0.1, 0.15) is 29.8 Å². The fraction of sp³-hybridized carbons (Fsp3) is 0.444. The van der Waals surface area contributed by atoms with Crippen molar-refractivity contribution in [3.8, 4) is 0 Å². The van der Waals surface area contributed by atoms with Crippen molar-refractivity contribution in [3.63, 3.8) is 0 Å². The van der Waals surface area contributed by atoms with Crippen molar-refractivity contribution in [2.45, 2.75) is 38.0 Å². The van der Waals surface area contributed by atoms with Crippen molar-refractivity contribution in [3.05, 3.63) is 52.3 Å². The predicted octanol–water partition coefficient (Wildman–Crippen LogP) is 3.34. The number of carbonyl (C=O) groups excluding carboxylic acids is 1. The minimum absolute atomic E-state index is 0.117. The maximum atomic E-state index is 12.9. The normalized spacial score (nSPS) is 17.2. The Labute approximate surface area is 159 Å². The first-order chi connectivity index (χ1) is 12.6. The van der Waals surface area contributed by atoms with Gasteiger partial charge in [0.15, 0.2) is 5.69 Å².